The molecule has 0 radical (unpaired) electrons. The Hall–Kier alpha value is -3.88. The van der Waals surface area contributed by atoms with E-state index in [-0.39, 0.29) is 5.56 Å². The van der Waals surface area contributed by atoms with Crippen LogP contribution in [0.3, 0.4) is 0 Å². The van der Waals surface area contributed by atoms with Crippen molar-refractivity contribution < 1.29 is 22.7 Å². The summed E-state index contributed by atoms with van der Waals surface area (Å²) in [6.45, 7) is 0. The van der Waals surface area contributed by atoms with Crippen LogP contribution in [0.15, 0.2) is 60.9 Å². The van der Waals surface area contributed by atoms with E-state index in [0.29, 0.717) is 33.8 Å². The van der Waals surface area contributed by atoms with Crippen LogP contribution in [0, 0.1) is 0 Å². The van der Waals surface area contributed by atoms with Crippen LogP contribution >= 0.6 is 0 Å². The molecule has 0 atom stereocenters. The number of methoxy groups -OCH3 is 1. The van der Waals surface area contributed by atoms with Gasteiger partial charge in [0.25, 0.3) is 0 Å². The maximum Gasteiger partial charge on any atom is 0.417 e. The van der Waals surface area contributed by atoms with Crippen molar-refractivity contribution in [1.29, 1.82) is 0 Å². The third-order valence-corrected chi connectivity index (χ3v) is 4.84. The summed E-state index contributed by atoms with van der Waals surface area (Å²) in [5, 5.41) is 3.05. The third-order valence-electron chi connectivity index (χ3n) is 4.84. The minimum atomic E-state index is -4.55. The number of hydrogen-bond acceptors (Lipinski definition) is 5. The molecule has 6 nitrogen and oxygen atoms in total. The van der Waals surface area contributed by atoms with Crippen LogP contribution in [0.25, 0.3) is 22.2 Å². The zero-order valence-corrected chi connectivity index (χ0v) is 16.6. The number of alkyl halides is 3. The van der Waals surface area contributed by atoms with Gasteiger partial charge in [0.15, 0.2) is 0 Å². The molecule has 0 saturated heterocycles. The second kappa shape index (κ2) is 7.75. The van der Waals surface area contributed by atoms with Gasteiger partial charge < -0.3 is 14.6 Å². The molecule has 2 heterocycles. The molecule has 2 aromatic carbocycles. The van der Waals surface area contributed by atoms with Crippen LogP contribution in [0.5, 0.6) is 0 Å². The highest BCUT2D eigenvalue weighted by Crippen LogP contribution is 2.39. The Balaban J connectivity index is 1.81. The number of rotatable bonds is 4. The molecule has 2 aromatic heterocycles. The fraction of sp³-hybridized carbons (Fsp3) is 0.136. The fourth-order valence-corrected chi connectivity index (χ4v) is 3.32. The van der Waals surface area contributed by atoms with Crippen molar-refractivity contribution in [3.8, 4) is 11.1 Å². The number of nitrogens with zero attached hydrogens (tertiary/aromatic N) is 3. The Kier molecular flexibility index (Phi) is 5.10. The van der Waals surface area contributed by atoms with Gasteiger partial charge in [-0.1, -0.05) is 12.1 Å². The molecule has 0 aliphatic rings. The largest absolute Gasteiger partial charge is 0.465 e. The summed E-state index contributed by atoms with van der Waals surface area (Å²) in [5.74, 6) is -0.168. The molecule has 0 aliphatic heterocycles. The Morgan fingerprint density at radius 1 is 1.13 bits per heavy atom. The van der Waals surface area contributed by atoms with E-state index in [4.69, 9.17) is 4.74 Å². The third kappa shape index (κ3) is 3.94. The van der Waals surface area contributed by atoms with E-state index < -0.39 is 17.7 Å². The first-order valence-electron chi connectivity index (χ1n) is 9.21. The van der Waals surface area contributed by atoms with Crippen molar-refractivity contribution in [2.24, 2.45) is 7.05 Å². The van der Waals surface area contributed by atoms with Gasteiger partial charge in [0.2, 0.25) is 5.95 Å². The van der Waals surface area contributed by atoms with Crippen LogP contribution in [-0.4, -0.2) is 27.6 Å². The van der Waals surface area contributed by atoms with Crippen LogP contribution in [0.4, 0.5) is 24.8 Å². The molecule has 0 aliphatic carbocycles. The summed E-state index contributed by atoms with van der Waals surface area (Å²) in [6.07, 6.45) is -1.66. The minimum Gasteiger partial charge on any atom is -0.465 e. The first-order valence-corrected chi connectivity index (χ1v) is 9.21. The molecule has 31 heavy (non-hydrogen) atoms. The molecule has 0 bridgehead atoms. The van der Waals surface area contributed by atoms with E-state index in [1.807, 2.05) is 0 Å². The van der Waals surface area contributed by atoms with E-state index in [1.165, 1.54) is 30.1 Å². The van der Waals surface area contributed by atoms with Gasteiger partial charge in [-0.3, -0.25) is 4.98 Å². The predicted octanol–water partition coefficient (Wildman–Crippen LogP) is 5.18. The molecule has 1 N–H and O–H groups in total. The van der Waals surface area contributed by atoms with Crippen molar-refractivity contribution >= 4 is 28.6 Å². The molecule has 0 saturated carbocycles. The van der Waals surface area contributed by atoms with Gasteiger partial charge in [0.05, 0.1) is 29.3 Å². The number of nitrogens with one attached hydrogen (secondary N) is 1. The minimum absolute atomic E-state index is 0.00504. The van der Waals surface area contributed by atoms with Crippen LogP contribution in [-0.2, 0) is 18.0 Å². The molecular weight excluding hydrogens is 409 g/mol. The molecule has 9 heteroatoms. The van der Waals surface area contributed by atoms with Gasteiger partial charge in [-0.15, -0.1) is 0 Å². The zero-order valence-electron chi connectivity index (χ0n) is 16.6. The Morgan fingerprint density at radius 2 is 1.94 bits per heavy atom. The van der Waals surface area contributed by atoms with Crippen molar-refractivity contribution in [3.05, 3.63) is 72.1 Å². The van der Waals surface area contributed by atoms with E-state index in [9.17, 15) is 18.0 Å². The summed E-state index contributed by atoms with van der Waals surface area (Å²) in [7, 11) is 2.90. The smallest absolute Gasteiger partial charge is 0.417 e. The quantitative estimate of drug-likeness (QED) is 0.455. The van der Waals surface area contributed by atoms with E-state index in [0.717, 1.165) is 6.07 Å². The number of carbonyl (C=O) groups is 1. The lowest BCUT2D eigenvalue weighted by atomic mass is 10.00. The number of pyridine rings is 1. The van der Waals surface area contributed by atoms with Crippen molar-refractivity contribution in [2.75, 3.05) is 12.4 Å². The maximum atomic E-state index is 13.8. The molecule has 0 unspecified atom stereocenters. The number of aryl methyl sites for hydroxylation is 1. The standard InChI is InChI=1S/C22H17F3N4O2/c1-29-19-11-17(22(23,24)25)16(14-6-4-8-26-12-14)10-18(19)28-21(29)27-15-7-3-5-13(9-15)20(30)31-2/h3-12H,1-2H3,(H,27,28). The molecular formula is C22H17F3N4O2. The molecule has 0 amide bonds. The van der Waals surface area contributed by atoms with Crippen LogP contribution < -0.4 is 5.32 Å². The summed E-state index contributed by atoms with van der Waals surface area (Å²) >= 11 is 0. The second-order valence-electron chi connectivity index (χ2n) is 6.82. The summed E-state index contributed by atoms with van der Waals surface area (Å²) in [5.41, 5.74) is 1.17. The number of benzene rings is 2. The van der Waals surface area contributed by atoms with Gasteiger partial charge in [0.1, 0.15) is 0 Å². The maximum absolute atomic E-state index is 13.8. The number of carbonyl (C=O) groups excluding carboxylic acids is 1. The number of ether oxygens (including phenoxy) is 1. The number of imidazole rings is 1. The lowest BCUT2D eigenvalue weighted by molar-refractivity contribution is -0.137. The highest BCUT2D eigenvalue weighted by atomic mass is 19.4. The number of anilines is 2. The number of halogens is 3. The van der Waals surface area contributed by atoms with Gasteiger partial charge >= 0.3 is 12.1 Å². The predicted molar refractivity (Wildman–Crippen MR) is 110 cm³/mol. The van der Waals surface area contributed by atoms with Crippen LogP contribution in [0.1, 0.15) is 15.9 Å². The van der Waals surface area contributed by atoms with Crippen molar-refractivity contribution in [3.63, 3.8) is 0 Å². The summed E-state index contributed by atoms with van der Waals surface area (Å²) < 4.78 is 47.6. The first kappa shape index (κ1) is 20.4. The van der Waals surface area contributed by atoms with Gasteiger partial charge in [-0.2, -0.15) is 13.2 Å². The molecule has 158 valence electrons. The summed E-state index contributed by atoms with van der Waals surface area (Å²) in [4.78, 5) is 20.1. The molecule has 0 fully saturated rings. The number of fused-ring (bicyclic) bond motifs is 1. The number of hydrogen-bond donors (Lipinski definition) is 1. The monoisotopic (exact) mass is 426 g/mol. The highest BCUT2D eigenvalue weighted by Gasteiger charge is 2.35. The van der Waals surface area contributed by atoms with E-state index >= 15 is 0 Å². The second-order valence-corrected chi connectivity index (χ2v) is 6.82. The topological polar surface area (TPSA) is 69.0 Å². The Morgan fingerprint density at radius 3 is 2.61 bits per heavy atom. The number of esters is 1. The first-order chi connectivity index (χ1) is 14.8. The lowest BCUT2D eigenvalue weighted by Gasteiger charge is -2.13. The van der Waals surface area contributed by atoms with E-state index in [2.05, 4.69) is 15.3 Å². The highest BCUT2D eigenvalue weighted by molar-refractivity contribution is 5.91. The van der Waals surface area contributed by atoms with Gasteiger partial charge in [-0.05, 0) is 42.0 Å². The van der Waals surface area contributed by atoms with Crippen LogP contribution in [0.2, 0.25) is 0 Å². The Bertz CT molecular complexity index is 1270. The summed E-state index contributed by atoms with van der Waals surface area (Å²) in [6, 6.07) is 12.2. The van der Waals surface area contributed by atoms with Gasteiger partial charge in [-0.25, -0.2) is 9.78 Å². The molecule has 0 spiro atoms. The molecule has 4 aromatic rings. The fourth-order valence-electron chi connectivity index (χ4n) is 3.32. The molecule has 4 rings (SSSR count). The zero-order chi connectivity index (χ0) is 22.2. The number of aromatic nitrogens is 3. The average molecular weight is 426 g/mol. The van der Waals surface area contributed by atoms with Gasteiger partial charge in [0, 0.05) is 30.7 Å². The normalized spacial score (nSPS) is 11.5. The Labute approximate surface area is 175 Å². The van der Waals surface area contributed by atoms with Crippen molar-refractivity contribution in [2.45, 2.75) is 6.18 Å². The average Bonchev–Trinajstić information content (AvgIpc) is 3.07. The SMILES string of the molecule is COC(=O)c1cccc(Nc2nc3cc(-c4cccnc4)c(C(F)(F)F)cc3n2C)c1. The van der Waals surface area contributed by atoms with Crippen molar-refractivity contribution in [1.82, 2.24) is 14.5 Å². The lowest BCUT2D eigenvalue weighted by Crippen LogP contribution is -2.08. The van der Waals surface area contributed by atoms with E-state index in [1.54, 1.807) is 43.4 Å².